The van der Waals surface area contributed by atoms with Crippen LogP contribution in [0.4, 0.5) is 0 Å². The Balaban J connectivity index is 0.885. The van der Waals surface area contributed by atoms with Gasteiger partial charge < -0.3 is 83.5 Å². The Morgan fingerprint density at radius 1 is 0.823 bits per heavy atom. The molecule has 8 N–H and O–H groups in total. The van der Waals surface area contributed by atoms with Crippen molar-refractivity contribution in [3.05, 3.63) is 11.6 Å². The molecule has 19 nitrogen and oxygen atoms in total. The fraction of sp³-hybridized carbons (Fsp3) is 0.884. The first-order valence-corrected chi connectivity index (χ1v) is 22.2. The van der Waals surface area contributed by atoms with E-state index in [1.807, 2.05) is 0 Å². The lowest BCUT2D eigenvalue weighted by molar-refractivity contribution is -0.372. The maximum absolute atomic E-state index is 13.3. The van der Waals surface area contributed by atoms with Gasteiger partial charge in [-0.3, -0.25) is 4.79 Å². The molecule has 0 aromatic heterocycles. The molecule has 22 unspecified atom stereocenters. The number of carbonyl (C=O) groups is 3. The quantitative estimate of drug-likeness (QED) is 0.0744. The van der Waals surface area contributed by atoms with Crippen molar-refractivity contribution in [3.63, 3.8) is 0 Å². The van der Waals surface area contributed by atoms with Crippen LogP contribution in [0.3, 0.4) is 0 Å². The highest BCUT2D eigenvalue weighted by atomic mass is 16.8. The molecule has 350 valence electrons. The van der Waals surface area contributed by atoms with Gasteiger partial charge in [-0.25, -0.2) is 4.79 Å². The van der Waals surface area contributed by atoms with E-state index >= 15 is 0 Å². The van der Waals surface area contributed by atoms with Crippen molar-refractivity contribution in [3.8, 4) is 0 Å². The van der Waals surface area contributed by atoms with E-state index in [4.69, 9.17) is 37.9 Å². The highest BCUT2D eigenvalue weighted by Gasteiger charge is 2.72. The van der Waals surface area contributed by atoms with Crippen LogP contribution in [-0.2, 0) is 52.3 Å². The molecule has 19 heteroatoms. The third kappa shape index (κ3) is 7.58. The maximum Gasteiger partial charge on any atom is 0.331 e. The van der Waals surface area contributed by atoms with E-state index in [0.29, 0.717) is 38.5 Å². The minimum atomic E-state index is -1.79. The predicted molar refractivity (Wildman–Crippen MR) is 207 cm³/mol. The fourth-order valence-corrected chi connectivity index (χ4v) is 13.0. The van der Waals surface area contributed by atoms with Crippen LogP contribution in [0.15, 0.2) is 11.6 Å². The van der Waals surface area contributed by atoms with Crippen molar-refractivity contribution >= 4 is 18.2 Å². The van der Waals surface area contributed by atoms with Gasteiger partial charge in [-0.1, -0.05) is 6.92 Å². The summed E-state index contributed by atoms with van der Waals surface area (Å²) in [5.74, 6) is -1.55. The Labute approximate surface area is 359 Å². The van der Waals surface area contributed by atoms with Crippen molar-refractivity contribution in [1.29, 1.82) is 0 Å². The number of fused-ring (bicyclic) bond motifs is 5. The first kappa shape index (κ1) is 46.3. The topological polar surface area (TPSA) is 287 Å². The molecule has 4 aliphatic heterocycles. The molecule has 22 atom stereocenters. The van der Waals surface area contributed by atoms with E-state index in [1.165, 1.54) is 13.8 Å². The molecule has 4 heterocycles. The summed E-state index contributed by atoms with van der Waals surface area (Å²) in [5.41, 5.74) is -3.33. The number of aliphatic hydroxyl groups excluding tert-OH is 6. The van der Waals surface area contributed by atoms with Crippen molar-refractivity contribution in [2.75, 3.05) is 13.2 Å². The van der Waals surface area contributed by atoms with Crippen molar-refractivity contribution < 1.29 is 93.1 Å². The van der Waals surface area contributed by atoms with E-state index in [-0.39, 0.29) is 56.0 Å². The van der Waals surface area contributed by atoms with Crippen molar-refractivity contribution in [2.24, 2.45) is 28.6 Å². The number of hydrogen-bond acceptors (Lipinski definition) is 19. The van der Waals surface area contributed by atoms with E-state index in [9.17, 15) is 55.2 Å². The summed E-state index contributed by atoms with van der Waals surface area (Å²) in [4.78, 5) is 36.8. The zero-order valence-corrected chi connectivity index (χ0v) is 35.6. The first-order chi connectivity index (χ1) is 29.3. The van der Waals surface area contributed by atoms with E-state index < -0.39 is 127 Å². The number of carbonyl (C=O) groups excluding carboxylic acids is 3. The number of cyclic esters (lactones) is 1. The van der Waals surface area contributed by atoms with Gasteiger partial charge in [0, 0.05) is 31.3 Å². The van der Waals surface area contributed by atoms with Crippen LogP contribution in [0.1, 0.15) is 91.9 Å². The first-order valence-electron chi connectivity index (χ1n) is 22.2. The molecule has 8 aliphatic rings. The summed E-state index contributed by atoms with van der Waals surface area (Å²) in [6, 6.07) is 0. The molecule has 4 aliphatic carbocycles. The maximum atomic E-state index is 13.3. The average molecular weight is 885 g/mol. The molecule has 8 rings (SSSR count). The van der Waals surface area contributed by atoms with Crippen LogP contribution in [0.5, 0.6) is 0 Å². The lowest BCUT2D eigenvalue weighted by Gasteiger charge is -2.65. The second kappa shape index (κ2) is 17.2. The SMILES string of the molecule is CC(=O)OC1CC(OC2C(CO)OC(OC3C(C)OC(OC4CCC5(C=O)C6CCC7(C)C(C8=CC(=O)OC8)CCC7(O)C6CCC5(O)C4)C(O)C3O)C(O)C2O)OC(C)C1O. The minimum absolute atomic E-state index is 0.0219. The second-order valence-electron chi connectivity index (χ2n) is 19.5. The summed E-state index contributed by atoms with van der Waals surface area (Å²) in [6.45, 7) is 5.88. The van der Waals surface area contributed by atoms with E-state index in [1.54, 1.807) is 13.0 Å². The van der Waals surface area contributed by atoms with Crippen LogP contribution < -0.4 is 0 Å². The lowest BCUT2D eigenvalue weighted by atomic mass is 9.41. The molecule has 3 saturated heterocycles. The van der Waals surface area contributed by atoms with Gasteiger partial charge in [-0.15, -0.1) is 0 Å². The van der Waals surface area contributed by atoms with Gasteiger partial charge in [0.1, 0.15) is 67.8 Å². The lowest BCUT2D eigenvalue weighted by Crippen LogP contribution is -2.69. The van der Waals surface area contributed by atoms with Crippen LogP contribution in [0.2, 0.25) is 0 Å². The van der Waals surface area contributed by atoms with Gasteiger partial charge in [-0.05, 0) is 88.5 Å². The largest absolute Gasteiger partial charge is 0.459 e. The zero-order valence-electron chi connectivity index (χ0n) is 35.6. The molecular weight excluding hydrogens is 820 g/mol. The molecule has 7 fully saturated rings. The molecule has 0 aromatic carbocycles. The summed E-state index contributed by atoms with van der Waals surface area (Å²) in [6.07, 6.45) is -13.4. The highest BCUT2D eigenvalue weighted by Crippen LogP contribution is 2.70. The molecule has 0 amide bonds. The van der Waals surface area contributed by atoms with Crippen LogP contribution in [-0.4, -0.2) is 176 Å². The summed E-state index contributed by atoms with van der Waals surface area (Å²) >= 11 is 0. The Morgan fingerprint density at radius 2 is 1.52 bits per heavy atom. The molecule has 0 radical (unpaired) electrons. The number of esters is 2. The smallest absolute Gasteiger partial charge is 0.331 e. The van der Waals surface area contributed by atoms with Gasteiger partial charge in [0.2, 0.25) is 0 Å². The van der Waals surface area contributed by atoms with E-state index in [2.05, 4.69) is 6.92 Å². The number of hydrogen-bond donors (Lipinski definition) is 8. The van der Waals surface area contributed by atoms with Gasteiger partial charge in [0.25, 0.3) is 0 Å². The Morgan fingerprint density at radius 3 is 2.18 bits per heavy atom. The Hall–Kier alpha value is -2.21. The number of aldehydes is 1. The summed E-state index contributed by atoms with van der Waals surface area (Å²) in [7, 11) is 0. The highest BCUT2D eigenvalue weighted by molar-refractivity contribution is 5.85. The van der Waals surface area contributed by atoms with Crippen LogP contribution in [0.25, 0.3) is 0 Å². The molecule has 62 heavy (non-hydrogen) atoms. The minimum Gasteiger partial charge on any atom is -0.459 e. The van der Waals surface area contributed by atoms with Gasteiger partial charge in [-0.2, -0.15) is 0 Å². The molecule has 0 spiro atoms. The molecule has 0 bridgehead atoms. The monoisotopic (exact) mass is 884 g/mol. The molecule has 0 aromatic rings. The van der Waals surface area contributed by atoms with Gasteiger partial charge >= 0.3 is 11.9 Å². The van der Waals surface area contributed by atoms with Crippen LogP contribution >= 0.6 is 0 Å². The predicted octanol–water partition coefficient (Wildman–Crippen LogP) is -0.974. The number of aliphatic hydroxyl groups is 8. The standard InChI is InChI=1S/C43H64O19/c1-19-31(48)27(58-21(3)46)14-30(56-19)61-37-28(16-44)60-39(35(52)33(37)50)62-36-20(2)57-38(34(51)32(36)49)59-23-5-10-41(18-45)25-6-9-40(4)24(22-13-29(47)55-17-22)8-12-43(40,54)26(25)7-11-42(41,53)15-23/h13,18-20,23-28,30-39,44,48-54H,5-12,14-17H2,1-4H3. The third-order valence-electron chi connectivity index (χ3n) is 16.3. The van der Waals surface area contributed by atoms with E-state index in [0.717, 1.165) is 11.9 Å². The normalized spacial score (nSPS) is 52.8. The third-order valence-corrected chi connectivity index (χ3v) is 16.3. The Kier molecular flexibility index (Phi) is 12.9. The molecular formula is C43H64O19. The fourth-order valence-electron chi connectivity index (χ4n) is 13.0. The average Bonchev–Trinajstić information content (AvgIpc) is 3.78. The summed E-state index contributed by atoms with van der Waals surface area (Å²) in [5, 5.41) is 90.6. The van der Waals surface area contributed by atoms with Crippen LogP contribution in [0, 0.1) is 28.6 Å². The Bertz CT molecular complexity index is 1710. The summed E-state index contributed by atoms with van der Waals surface area (Å²) < 4.78 is 46.0. The van der Waals surface area contributed by atoms with Gasteiger partial charge in [0.05, 0.1) is 41.5 Å². The van der Waals surface area contributed by atoms with Gasteiger partial charge in [0.15, 0.2) is 18.9 Å². The number of ether oxygens (including phenoxy) is 8. The number of rotatable bonds is 10. The van der Waals surface area contributed by atoms with Crippen molar-refractivity contribution in [2.45, 2.75) is 195 Å². The second-order valence-corrected chi connectivity index (χ2v) is 19.5. The zero-order chi connectivity index (χ0) is 44.7. The molecule has 4 saturated carbocycles. The van der Waals surface area contributed by atoms with Crippen molar-refractivity contribution in [1.82, 2.24) is 0 Å².